The number of aryl methyl sites for hydroxylation is 1. The zero-order chi connectivity index (χ0) is 16.5. The topological polar surface area (TPSA) is 33.5 Å². The van der Waals surface area contributed by atoms with Gasteiger partial charge in [0.05, 0.1) is 0 Å². The second-order valence-electron chi connectivity index (χ2n) is 6.21. The molecule has 1 fully saturated rings. The summed E-state index contributed by atoms with van der Waals surface area (Å²) in [4.78, 5) is 13.6. The van der Waals surface area contributed by atoms with E-state index in [0.717, 1.165) is 40.8 Å². The van der Waals surface area contributed by atoms with Crippen molar-refractivity contribution >= 4 is 23.0 Å². The van der Waals surface area contributed by atoms with Crippen LogP contribution in [0.1, 0.15) is 24.0 Å². The van der Waals surface area contributed by atoms with Gasteiger partial charge in [-0.15, -0.1) is 0 Å². The molecule has 3 heteroatoms. The number of hydrogen-bond donors (Lipinski definition) is 0. The lowest BCUT2D eigenvalue weighted by Gasteiger charge is -2.08. The fourth-order valence-electron chi connectivity index (χ4n) is 3.14. The van der Waals surface area contributed by atoms with E-state index in [9.17, 15) is 4.79 Å². The minimum absolute atomic E-state index is 0.191. The lowest BCUT2D eigenvalue weighted by molar-refractivity contribution is -0.125. The van der Waals surface area contributed by atoms with Crippen LogP contribution in [0.15, 0.2) is 59.1 Å². The first kappa shape index (κ1) is 14.8. The Morgan fingerprint density at radius 3 is 2.62 bits per heavy atom. The molecule has 3 nitrogen and oxygen atoms in total. The molecule has 120 valence electrons. The number of nitrogens with zero attached hydrogens (tertiary/aromatic N) is 1. The van der Waals surface area contributed by atoms with E-state index in [2.05, 4.69) is 37.3 Å². The standard InChI is InChI=1S/C21H19NO2/c1-15-8-10-16(11-9-15)21-18(12-14-22-13-4-7-20(22)23)17-5-2-3-6-19(17)24-21/h2-3,5-6,8-12,14H,4,7,13H2,1H3/b14-12+. The molecule has 0 saturated carbocycles. The third-order valence-corrected chi connectivity index (χ3v) is 4.48. The molecule has 0 spiro atoms. The molecule has 0 bridgehead atoms. The van der Waals surface area contributed by atoms with Crippen molar-refractivity contribution in [2.24, 2.45) is 0 Å². The Morgan fingerprint density at radius 2 is 1.88 bits per heavy atom. The van der Waals surface area contributed by atoms with Crippen LogP contribution < -0.4 is 0 Å². The summed E-state index contributed by atoms with van der Waals surface area (Å²) in [7, 11) is 0. The summed E-state index contributed by atoms with van der Waals surface area (Å²) >= 11 is 0. The Balaban J connectivity index is 1.82. The number of likely N-dealkylation sites (tertiary alicyclic amines) is 1. The summed E-state index contributed by atoms with van der Waals surface area (Å²) in [5.41, 5.74) is 4.15. The maximum Gasteiger partial charge on any atom is 0.226 e. The molecule has 0 unspecified atom stereocenters. The van der Waals surface area contributed by atoms with Crippen molar-refractivity contribution in [2.75, 3.05) is 6.54 Å². The van der Waals surface area contributed by atoms with Crippen molar-refractivity contribution in [1.29, 1.82) is 0 Å². The van der Waals surface area contributed by atoms with Crippen LogP contribution in [0.25, 0.3) is 28.4 Å². The SMILES string of the molecule is Cc1ccc(-c2oc3ccccc3c2/C=C/N2CCCC2=O)cc1. The Kier molecular flexibility index (Phi) is 3.69. The van der Waals surface area contributed by atoms with E-state index in [1.165, 1.54) is 5.56 Å². The summed E-state index contributed by atoms with van der Waals surface area (Å²) in [6, 6.07) is 16.3. The normalized spacial score (nSPS) is 15.0. The minimum atomic E-state index is 0.191. The van der Waals surface area contributed by atoms with Gasteiger partial charge in [0, 0.05) is 35.7 Å². The summed E-state index contributed by atoms with van der Waals surface area (Å²) in [6.45, 7) is 2.87. The van der Waals surface area contributed by atoms with E-state index in [-0.39, 0.29) is 5.91 Å². The van der Waals surface area contributed by atoms with Gasteiger partial charge in [-0.1, -0.05) is 48.0 Å². The van der Waals surface area contributed by atoms with Gasteiger partial charge in [-0.3, -0.25) is 4.79 Å². The lowest BCUT2D eigenvalue weighted by Crippen LogP contribution is -2.16. The number of rotatable bonds is 3. The summed E-state index contributed by atoms with van der Waals surface area (Å²) in [5, 5.41) is 1.07. The maximum atomic E-state index is 11.8. The Hall–Kier alpha value is -2.81. The van der Waals surface area contributed by atoms with Crippen molar-refractivity contribution in [3.63, 3.8) is 0 Å². The van der Waals surface area contributed by atoms with Crippen LogP contribution >= 0.6 is 0 Å². The lowest BCUT2D eigenvalue weighted by atomic mass is 10.0. The van der Waals surface area contributed by atoms with Crippen LogP contribution in [0.5, 0.6) is 0 Å². The largest absolute Gasteiger partial charge is 0.455 e. The number of fused-ring (bicyclic) bond motifs is 1. The summed E-state index contributed by atoms with van der Waals surface area (Å²) in [6.07, 6.45) is 5.47. The second-order valence-corrected chi connectivity index (χ2v) is 6.21. The number of para-hydroxylation sites is 1. The second kappa shape index (κ2) is 6.00. The van der Waals surface area contributed by atoms with Gasteiger partial charge in [0.1, 0.15) is 11.3 Å². The molecular weight excluding hydrogens is 298 g/mol. The number of hydrogen-bond acceptors (Lipinski definition) is 2. The van der Waals surface area contributed by atoms with Crippen LogP contribution in [0.2, 0.25) is 0 Å². The molecule has 0 aliphatic carbocycles. The van der Waals surface area contributed by atoms with Gasteiger partial charge in [0.15, 0.2) is 0 Å². The number of carbonyl (C=O) groups is 1. The van der Waals surface area contributed by atoms with Gasteiger partial charge in [0.2, 0.25) is 5.91 Å². The Bertz CT molecular complexity index is 919. The highest BCUT2D eigenvalue weighted by atomic mass is 16.3. The van der Waals surface area contributed by atoms with E-state index in [1.807, 2.05) is 30.5 Å². The van der Waals surface area contributed by atoms with E-state index < -0.39 is 0 Å². The number of benzene rings is 2. The van der Waals surface area contributed by atoms with Crippen molar-refractivity contribution < 1.29 is 9.21 Å². The highest BCUT2D eigenvalue weighted by Crippen LogP contribution is 2.34. The molecule has 1 amide bonds. The van der Waals surface area contributed by atoms with Crippen LogP contribution in [-0.4, -0.2) is 17.4 Å². The quantitative estimate of drug-likeness (QED) is 0.681. The maximum absolute atomic E-state index is 11.8. The molecule has 1 aromatic heterocycles. The van der Waals surface area contributed by atoms with E-state index in [0.29, 0.717) is 6.42 Å². The molecule has 3 aromatic rings. The molecule has 1 saturated heterocycles. The highest BCUT2D eigenvalue weighted by molar-refractivity contribution is 5.94. The Labute approximate surface area is 141 Å². The smallest absolute Gasteiger partial charge is 0.226 e. The molecule has 0 atom stereocenters. The monoisotopic (exact) mass is 317 g/mol. The van der Waals surface area contributed by atoms with Crippen LogP contribution in [0, 0.1) is 6.92 Å². The molecule has 0 N–H and O–H groups in total. The number of furan rings is 1. The zero-order valence-electron chi connectivity index (χ0n) is 13.7. The molecule has 4 rings (SSSR count). The van der Waals surface area contributed by atoms with Gasteiger partial charge in [-0.25, -0.2) is 0 Å². The first-order valence-electron chi connectivity index (χ1n) is 8.28. The third kappa shape index (κ3) is 2.62. The molecular formula is C21H19NO2. The van der Waals surface area contributed by atoms with Crippen LogP contribution in [-0.2, 0) is 4.79 Å². The van der Waals surface area contributed by atoms with Gasteiger partial charge < -0.3 is 9.32 Å². The van der Waals surface area contributed by atoms with Crippen molar-refractivity contribution in [3.8, 4) is 11.3 Å². The summed E-state index contributed by atoms with van der Waals surface area (Å²) in [5.74, 6) is 1.04. The first-order valence-corrected chi connectivity index (χ1v) is 8.28. The predicted molar refractivity (Wildman–Crippen MR) is 96.4 cm³/mol. The van der Waals surface area contributed by atoms with Crippen molar-refractivity contribution in [2.45, 2.75) is 19.8 Å². The van der Waals surface area contributed by atoms with Gasteiger partial charge in [0.25, 0.3) is 0 Å². The Morgan fingerprint density at radius 1 is 1.08 bits per heavy atom. The highest BCUT2D eigenvalue weighted by Gasteiger charge is 2.18. The summed E-state index contributed by atoms with van der Waals surface area (Å²) < 4.78 is 6.11. The van der Waals surface area contributed by atoms with Crippen LogP contribution in [0.4, 0.5) is 0 Å². The molecule has 0 radical (unpaired) electrons. The van der Waals surface area contributed by atoms with Crippen molar-refractivity contribution in [1.82, 2.24) is 4.90 Å². The van der Waals surface area contributed by atoms with Gasteiger partial charge in [-0.2, -0.15) is 0 Å². The number of carbonyl (C=O) groups excluding carboxylic acids is 1. The van der Waals surface area contributed by atoms with E-state index in [4.69, 9.17) is 4.42 Å². The van der Waals surface area contributed by atoms with E-state index >= 15 is 0 Å². The first-order chi connectivity index (χ1) is 11.7. The molecule has 2 aromatic carbocycles. The minimum Gasteiger partial charge on any atom is -0.455 e. The average molecular weight is 317 g/mol. The third-order valence-electron chi connectivity index (χ3n) is 4.48. The van der Waals surface area contributed by atoms with E-state index in [1.54, 1.807) is 4.90 Å². The fraction of sp³-hybridized carbons (Fsp3) is 0.190. The van der Waals surface area contributed by atoms with Gasteiger partial charge in [-0.05, 0) is 25.5 Å². The van der Waals surface area contributed by atoms with Crippen molar-refractivity contribution in [3.05, 3.63) is 65.9 Å². The molecule has 24 heavy (non-hydrogen) atoms. The van der Waals surface area contributed by atoms with Crippen LogP contribution in [0.3, 0.4) is 0 Å². The molecule has 1 aliphatic rings. The predicted octanol–water partition coefficient (Wildman–Crippen LogP) is 5.00. The molecule has 2 heterocycles. The average Bonchev–Trinajstić information content (AvgIpc) is 3.17. The fourth-order valence-corrected chi connectivity index (χ4v) is 3.14. The molecule has 1 aliphatic heterocycles. The number of amides is 1. The van der Waals surface area contributed by atoms with Gasteiger partial charge >= 0.3 is 0 Å². The zero-order valence-corrected chi connectivity index (χ0v) is 13.7.